The monoisotopic (exact) mass is 319 g/mol. The molecule has 2 aromatic rings. The van der Waals surface area contributed by atoms with E-state index < -0.39 is 12.0 Å². The Kier molecular flexibility index (Phi) is 3.94. The van der Waals surface area contributed by atoms with Crippen molar-refractivity contribution in [2.45, 2.75) is 18.9 Å². The van der Waals surface area contributed by atoms with E-state index in [0.717, 1.165) is 10.4 Å². The van der Waals surface area contributed by atoms with Gasteiger partial charge in [-0.2, -0.15) is 0 Å². The van der Waals surface area contributed by atoms with Gasteiger partial charge in [0.25, 0.3) is 5.91 Å². The molecule has 1 fully saturated rings. The van der Waals surface area contributed by atoms with Gasteiger partial charge in [0.05, 0.1) is 4.88 Å². The Morgan fingerprint density at radius 3 is 2.59 bits per heavy atom. The molecule has 22 heavy (non-hydrogen) atoms. The molecule has 0 saturated carbocycles. The van der Waals surface area contributed by atoms with Crippen LogP contribution in [0.15, 0.2) is 36.4 Å². The van der Waals surface area contributed by atoms with Gasteiger partial charge in [-0.05, 0) is 42.7 Å². The molecule has 1 saturated heterocycles. The van der Waals surface area contributed by atoms with Crippen LogP contribution in [0.5, 0.6) is 0 Å². The number of aliphatic carboxylic acids is 1. The molecule has 1 aromatic carbocycles. The summed E-state index contributed by atoms with van der Waals surface area (Å²) in [5.74, 6) is -1.51. The molecule has 3 rings (SSSR count). The van der Waals surface area contributed by atoms with Crippen LogP contribution in [0, 0.1) is 5.82 Å². The third kappa shape index (κ3) is 2.74. The summed E-state index contributed by atoms with van der Waals surface area (Å²) in [5, 5.41) is 9.16. The van der Waals surface area contributed by atoms with Gasteiger partial charge in [-0.15, -0.1) is 11.3 Å². The van der Waals surface area contributed by atoms with Crippen LogP contribution in [-0.4, -0.2) is 34.5 Å². The number of benzene rings is 1. The van der Waals surface area contributed by atoms with E-state index in [4.69, 9.17) is 5.11 Å². The van der Waals surface area contributed by atoms with Crippen molar-refractivity contribution in [1.29, 1.82) is 0 Å². The van der Waals surface area contributed by atoms with Gasteiger partial charge in [0, 0.05) is 11.4 Å². The van der Waals surface area contributed by atoms with E-state index in [2.05, 4.69) is 0 Å². The largest absolute Gasteiger partial charge is 0.480 e. The molecule has 0 bridgehead atoms. The van der Waals surface area contributed by atoms with Crippen molar-refractivity contribution in [2.24, 2.45) is 0 Å². The van der Waals surface area contributed by atoms with Crippen LogP contribution in [0.3, 0.4) is 0 Å². The van der Waals surface area contributed by atoms with Gasteiger partial charge < -0.3 is 10.0 Å². The Morgan fingerprint density at radius 2 is 1.91 bits per heavy atom. The molecule has 1 amide bonds. The Hall–Kier alpha value is -2.21. The van der Waals surface area contributed by atoms with Crippen LogP contribution in [0.4, 0.5) is 4.39 Å². The van der Waals surface area contributed by atoms with E-state index in [-0.39, 0.29) is 11.7 Å². The Balaban J connectivity index is 1.82. The number of hydrogen-bond acceptors (Lipinski definition) is 3. The summed E-state index contributed by atoms with van der Waals surface area (Å²) in [5.41, 5.74) is 0.835. The predicted molar refractivity (Wildman–Crippen MR) is 81.4 cm³/mol. The lowest BCUT2D eigenvalue weighted by Crippen LogP contribution is -2.40. The molecule has 6 heteroatoms. The fourth-order valence-electron chi connectivity index (χ4n) is 2.63. The molecule has 2 heterocycles. The second-order valence-corrected chi connectivity index (χ2v) is 6.25. The average molecular weight is 319 g/mol. The predicted octanol–water partition coefficient (Wildman–Crippen LogP) is 3.24. The quantitative estimate of drug-likeness (QED) is 0.945. The van der Waals surface area contributed by atoms with Crippen LogP contribution in [0.1, 0.15) is 22.5 Å². The van der Waals surface area contributed by atoms with Crippen LogP contribution in [0.2, 0.25) is 0 Å². The minimum absolute atomic E-state index is 0.247. The highest BCUT2D eigenvalue weighted by atomic mass is 32.1. The molecule has 1 unspecified atom stereocenters. The number of likely N-dealkylation sites (tertiary alicyclic amines) is 1. The van der Waals surface area contributed by atoms with E-state index in [0.29, 0.717) is 24.3 Å². The van der Waals surface area contributed by atoms with Crippen LogP contribution < -0.4 is 0 Å². The van der Waals surface area contributed by atoms with Gasteiger partial charge in [-0.3, -0.25) is 4.79 Å². The summed E-state index contributed by atoms with van der Waals surface area (Å²) in [6, 6.07) is 8.83. The van der Waals surface area contributed by atoms with Crippen molar-refractivity contribution in [3.8, 4) is 10.4 Å². The van der Waals surface area contributed by atoms with Crippen molar-refractivity contribution >= 4 is 23.2 Å². The number of carboxylic acids is 1. The maximum Gasteiger partial charge on any atom is 0.326 e. The third-order valence-electron chi connectivity index (χ3n) is 3.74. The maximum absolute atomic E-state index is 12.9. The van der Waals surface area contributed by atoms with Gasteiger partial charge in [-0.1, -0.05) is 12.1 Å². The second kappa shape index (κ2) is 5.88. The molecule has 1 aliphatic rings. The Labute approximate surface area is 130 Å². The molecule has 0 aliphatic carbocycles. The van der Waals surface area contributed by atoms with Crippen molar-refractivity contribution in [1.82, 2.24) is 4.90 Å². The number of amides is 1. The molecular weight excluding hydrogens is 305 g/mol. The number of hydrogen-bond donors (Lipinski definition) is 1. The molecule has 114 valence electrons. The van der Waals surface area contributed by atoms with Crippen LogP contribution in [0.25, 0.3) is 10.4 Å². The number of carboxylic acid groups (broad SMARTS) is 1. The smallest absolute Gasteiger partial charge is 0.326 e. The molecule has 1 aromatic heterocycles. The average Bonchev–Trinajstić information content (AvgIpc) is 3.17. The standard InChI is InChI=1S/C16H14FNO3S/c17-11-5-3-10(4-6-11)13-7-8-14(22-13)15(19)18-9-1-2-12(18)16(20)21/h3-8,12H,1-2,9H2,(H,20,21). The third-order valence-corrected chi connectivity index (χ3v) is 4.87. The maximum atomic E-state index is 12.9. The van der Waals surface area contributed by atoms with Gasteiger partial charge in [0.15, 0.2) is 0 Å². The van der Waals surface area contributed by atoms with Gasteiger partial charge in [0.2, 0.25) is 0 Å². The van der Waals surface area contributed by atoms with Crippen molar-refractivity contribution in [2.75, 3.05) is 6.54 Å². The van der Waals surface area contributed by atoms with E-state index in [9.17, 15) is 14.0 Å². The van der Waals surface area contributed by atoms with Gasteiger partial charge >= 0.3 is 5.97 Å². The lowest BCUT2D eigenvalue weighted by molar-refractivity contribution is -0.141. The van der Waals surface area contributed by atoms with E-state index in [1.54, 1.807) is 24.3 Å². The highest BCUT2D eigenvalue weighted by Gasteiger charge is 2.34. The number of carbonyl (C=O) groups excluding carboxylic acids is 1. The zero-order valence-corrected chi connectivity index (χ0v) is 12.5. The van der Waals surface area contributed by atoms with Crippen molar-refractivity contribution < 1.29 is 19.1 Å². The summed E-state index contributed by atoms with van der Waals surface area (Å²) >= 11 is 1.29. The minimum Gasteiger partial charge on any atom is -0.480 e. The van der Waals surface area contributed by atoms with E-state index in [1.807, 2.05) is 0 Å². The first-order valence-corrected chi connectivity index (χ1v) is 7.77. The molecule has 0 spiro atoms. The first kappa shape index (κ1) is 14.7. The molecule has 4 nitrogen and oxygen atoms in total. The number of thiophene rings is 1. The molecule has 1 atom stereocenters. The highest BCUT2D eigenvalue weighted by molar-refractivity contribution is 7.17. The van der Waals surface area contributed by atoms with Crippen LogP contribution >= 0.6 is 11.3 Å². The van der Waals surface area contributed by atoms with Gasteiger partial charge in [-0.25, -0.2) is 9.18 Å². The van der Waals surface area contributed by atoms with Crippen LogP contribution in [-0.2, 0) is 4.79 Å². The fourth-order valence-corrected chi connectivity index (χ4v) is 3.60. The van der Waals surface area contributed by atoms with Gasteiger partial charge in [0.1, 0.15) is 11.9 Å². The lowest BCUT2D eigenvalue weighted by Gasteiger charge is -2.20. The minimum atomic E-state index is -0.957. The first-order valence-electron chi connectivity index (χ1n) is 6.96. The zero-order chi connectivity index (χ0) is 15.7. The lowest BCUT2D eigenvalue weighted by atomic mass is 10.2. The first-order chi connectivity index (χ1) is 10.6. The molecule has 1 aliphatic heterocycles. The SMILES string of the molecule is O=C(O)C1CCCN1C(=O)c1ccc(-c2ccc(F)cc2)s1. The highest BCUT2D eigenvalue weighted by Crippen LogP contribution is 2.30. The summed E-state index contributed by atoms with van der Waals surface area (Å²) in [4.78, 5) is 26.4. The topological polar surface area (TPSA) is 57.6 Å². The Bertz CT molecular complexity index is 710. The number of nitrogens with zero attached hydrogens (tertiary/aromatic N) is 1. The molecule has 0 radical (unpaired) electrons. The normalized spacial score (nSPS) is 17.7. The molecular formula is C16H14FNO3S. The van der Waals surface area contributed by atoms with E-state index in [1.165, 1.54) is 28.4 Å². The van der Waals surface area contributed by atoms with E-state index >= 15 is 0 Å². The zero-order valence-electron chi connectivity index (χ0n) is 11.7. The Morgan fingerprint density at radius 1 is 1.18 bits per heavy atom. The summed E-state index contributed by atoms with van der Waals surface area (Å²) in [6.07, 6.45) is 1.20. The number of halogens is 1. The summed E-state index contributed by atoms with van der Waals surface area (Å²) < 4.78 is 12.9. The number of carbonyl (C=O) groups is 2. The number of rotatable bonds is 3. The summed E-state index contributed by atoms with van der Waals surface area (Å²) in [6.45, 7) is 0.472. The second-order valence-electron chi connectivity index (χ2n) is 5.17. The van der Waals surface area contributed by atoms with Crippen molar-refractivity contribution in [3.63, 3.8) is 0 Å². The summed E-state index contributed by atoms with van der Waals surface area (Å²) in [7, 11) is 0. The fraction of sp³-hybridized carbons (Fsp3) is 0.250. The van der Waals surface area contributed by atoms with Crippen molar-refractivity contribution in [3.05, 3.63) is 47.1 Å². The molecule has 1 N–H and O–H groups in total.